The van der Waals surface area contributed by atoms with Crippen LogP contribution in [0.25, 0.3) is 126 Å². The maximum atomic E-state index is 5.39. The highest BCUT2D eigenvalue weighted by Crippen LogP contribution is 2.45. The lowest BCUT2D eigenvalue weighted by Gasteiger charge is -2.13. The number of hydrogen-bond acceptors (Lipinski definition) is 4. The van der Waals surface area contributed by atoms with Gasteiger partial charge in [0, 0.05) is 64.3 Å². The molecule has 0 amide bonds. The van der Waals surface area contributed by atoms with Gasteiger partial charge in [-0.2, -0.15) is 0 Å². The Kier molecular flexibility index (Phi) is 8.36. The first-order valence-electron chi connectivity index (χ1n) is 21.6. The molecule has 0 saturated carbocycles. The second kappa shape index (κ2) is 14.7. The lowest BCUT2D eigenvalue weighted by molar-refractivity contribution is 1.16. The van der Waals surface area contributed by atoms with Crippen molar-refractivity contribution in [3.63, 3.8) is 0 Å². The van der Waals surface area contributed by atoms with Gasteiger partial charge in [0.1, 0.15) is 0 Å². The second-order valence-electron chi connectivity index (χ2n) is 16.3. The number of fused-ring (bicyclic) bond motifs is 10. The normalized spacial score (nSPS) is 11.8. The highest BCUT2D eigenvalue weighted by atomic mass is 32.1. The number of nitrogens with zero attached hydrogens (tertiary/aromatic N) is 4. The molecule has 5 heteroatoms. The van der Waals surface area contributed by atoms with Gasteiger partial charge in [-0.15, -0.1) is 11.3 Å². The van der Waals surface area contributed by atoms with E-state index in [1.807, 2.05) is 29.5 Å². The minimum Gasteiger partial charge on any atom is -0.309 e. The van der Waals surface area contributed by atoms with E-state index >= 15 is 0 Å². The molecule has 0 aliphatic heterocycles. The molecule has 0 N–H and O–H groups in total. The minimum atomic E-state index is 0.693. The monoisotopic (exact) mass is 832 g/mol. The number of benzene rings is 9. The largest absolute Gasteiger partial charge is 0.309 e. The van der Waals surface area contributed by atoms with Crippen molar-refractivity contribution in [2.24, 2.45) is 0 Å². The van der Waals surface area contributed by atoms with E-state index in [0.717, 1.165) is 61.7 Å². The first-order chi connectivity index (χ1) is 31.7. The third kappa shape index (κ3) is 5.93. The van der Waals surface area contributed by atoms with E-state index in [1.165, 1.54) is 58.1 Å². The maximum Gasteiger partial charge on any atom is 0.160 e. The fourth-order valence-electron chi connectivity index (χ4n) is 9.55. The molecular weight excluding hydrogens is 797 g/mol. The summed E-state index contributed by atoms with van der Waals surface area (Å²) < 4.78 is 4.92. The third-order valence-corrected chi connectivity index (χ3v) is 13.8. The van der Waals surface area contributed by atoms with Crippen LogP contribution in [0.3, 0.4) is 0 Å². The summed E-state index contributed by atoms with van der Waals surface area (Å²) >= 11 is 1.86. The molecule has 298 valence electrons. The average Bonchev–Trinajstić information content (AvgIpc) is 3.93. The lowest BCUT2D eigenvalue weighted by atomic mass is 9.97. The molecule has 0 spiro atoms. The SMILES string of the molecule is c1ccc(-c2nc(-c3ccc(-c4ccc(-c5nc6ccc7ccccc7c6c6sc7ccccc7c56)cc4)cc3)cc(-c3cccc(-n4c5ccccc5c5ccccc54)c3)n2)cc1. The van der Waals surface area contributed by atoms with Crippen molar-refractivity contribution in [1.82, 2.24) is 19.5 Å². The van der Waals surface area contributed by atoms with Crippen LogP contribution in [0.15, 0.2) is 218 Å². The van der Waals surface area contributed by atoms with E-state index in [2.05, 4.69) is 205 Å². The van der Waals surface area contributed by atoms with E-state index in [4.69, 9.17) is 15.0 Å². The minimum absolute atomic E-state index is 0.693. The van der Waals surface area contributed by atoms with Crippen LogP contribution in [0.1, 0.15) is 0 Å². The highest BCUT2D eigenvalue weighted by molar-refractivity contribution is 7.27. The maximum absolute atomic E-state index is 5.39. The molecule has 0 radical (unpaired) electrons. The van der Waals surface area contributed by atoms with Gasteiger partial charge >= 0.3 is 0 Å². The van der Waals surface area contributed by atoms with Crippen LogP contribution in [0.2, 0.25) is 0 Å². The standard InChI is InChI=1S/C59H36N4S/c1-2-14-42(15-3-1)59-61-50(36-51(62-59)43-16-12-17-44(35-43)63-52-22-9-6-19-46(52)47-20-7-10-23-53(47)63)40-29-25-37(26-30-40)38-27-31-41(32-28-38)57-56-48-21-8-11-24-54(48)64-58(56)55-45-18-5-4-13-39(45)33-34-49(55)60-57/h1-36H. The van der Waals surface area contributed by atoms with Crippen LogP contribution in [0.5, 0.6) is 0 Å². The van der Waals surface area contributed by atoms with Gasteiger partial charge in [0.25, 0.3) is 0 Å². The van der Waals surface area contributed by atoms with Crippen molar-refractivity contribution in [3.8, 4) is 62.0 Å². The fraction of sp³-hybridized carbons (Fsp3) is 0. The number of pyridine rings is 1. The Bertz CT molecular complexity index is 3890. The van der Waals surface area contributed by atoms with Crippen molar-refractivity contribution >= 4 is 75.0 Å². The zero-order chi connectivity index (χ0) is 42.1. The zero-order valence-electron chi connectivity index (χ0n) is 34.5. The van der Waals surface area contributed by atoms with Crippen molar-refractivity contribution in [2.75, 3.05) is 0 Å². The molecule has 13 rings (SSSR count). The molecule has 4 heterocycles. The molecule has 0 saturated heterocycles. The quantitative estimate of drug-likeness (QED) is 0.157. The Morgan fingerprint density at radius 3 is 1.67 bits per heavy atom. The van der Waals surface area contributed by atoms with Crippen molar-refractivity contribution < 1.29 is 0 Å². The summed E-state index contributed by atoms with van der Waals surface area (Å²) in [6.45, 7) is 0. The fourth-order valence-corrected chi connectivity index (χ4v) is 10.8. The van der Waals surface area contributed by atoms with Gasteiger partial charge in [-0.25, -0.2) is 15.0 Å². The molecule has 0 aliphatic rings. The number of rotatable bonds is 6. The Morgan fingerprint density at radius 1 is 0.359 bits per heavy atom. The van der Waals surface area contributed by atoms with E-state index in [9.17, 15) is 0 Å². The molecule has 9 aromatic carbocycles. The molecule has 13 aromatic rings. The van der Waals surface area contributed by atoms with E-state index < -0.39 is 0 Å². The van der Waals surface area contributed by atoms with Crippen LogP contribution < -0.4 is 0 Å². The number of para-hydroxylation sites is 2. The van der Waals surface area contributed by atoms with Crippen LogP contribution >= 0.6 is 11.3 Å². The van der Waals surface area contributed by atoms with Gasteiger partial charge in [0.15, 0.2) is 5.82 Å². The zero-order valence-corrected chi connectivity index (χ0v) is 35.3. The second-order valence-corrected chi connectivity index (χ2v) is 17.4. The Hall–Kier alpha value is -8.25. The summed E-state index contributed by atoms with van der Waals surface area (Å²) in [6.07, 6.45) is 0. The lowest BCUT2D eigenvalue weighted by Crippen LogP contribution is -1.97. The van der Waals surface area contributed by atoms with Crippen LogP contribution in [0, 0.1) is 0 Å². The summed E-state index contributed by atoms with van der Waals surface area (Å²) in [5.74, 6) is 0.693. The van der Waals surface area contributed by atoms with Gasteiger partial charge < -0.3 is 4.57 Å². The molecule has 0 aliphatic carbocycles. The summed E-state index contributed by atoms with van der Waals surface area (Å²) in [4.78, 5) is 15.7. The van der Waals surface area contributed by atoms with Gasteiger partial charge in [-0.1, -0.05) is 176 Å². The molecular formula is C59H36N4S. The number of aromatic nitrogens is 4. The molecule has 64 heavy (non-hydrogen) atoms. The number of hydrogen-bond donors (Lipinski definition) is 0. The Labute approximate surface area is 373 Å². The smallest absolute Gasteiger partial charge is 0.160 e. The van der Waals surface area contributed by atoms with E-state index in [-0.39, 0.29) is 0 Å². The molecule has 0 bridgehead atoms. The average molecular weight is 833 g/mol. The van der Waals surface area contributed by atoms with Crippen LogP contribution in [-0.4, -0.2) is 19.5 Å². The van der Waals surface area contributed by atoms with Crippen molar-refractivity contribution in [1.29, 1.82) is 0 Å². The summed E-state index contributed by atoms with van der Waals surface area (Å²) in [6, 6.07) is 77.7. The first kappa shape index (κ1) is 36.4. The van der Waals surface area contributed by atoms with Crippen LogP contribution in [-0.2, 0) is 0 Å². The Morgan fingerprint density at radius 2 is 0.938 bits per heavy atom. The summed E-state index contributed by atoms with van der Waals surface area (Å²) in [7, 11) is 0. The predicted octanol–water partition coefficient (Wildman–Crippen LogP) is 16.0. The van der Waals surface area contributed by atoms with E-state index in [0.29, 0.717) is 5.82 Å². The van der Waals surface area contributed by atoms with E-state index in [1.54, 1.807) is 0 Å². The van der Waals surface area contributed by atoms with Gasteiger partial charge in [0.05, 0.1) is 33.6 Å². The number of thiophene rings is 1. The van der Waals surface area contributed by atoms with Gasteiger partial charge in [0.2, 0.25) is 0 Å². The molecule has 0 atom stereocenters. The molecule has 0 fully saturated rings. The molecule has 0 unspecified atom stereocenters. The third-order valence-electron chi connectivity index (χ3n) is 12.6. The Balaban J connectivity index is 0.874. The summed E-state index contributed by atoms with van der Waals surface area (Å²) in [5, 5.41) is 8.66. The van der Waals surface area contributed by atoms with Crippen molar-refractivity contribution in [3.05, 3.63) is 218 Å². The molecule has 4 nitrogen and oxygen atoms in total. The van der Waals surface area contributed by atoms with Crippen LogP contribution in [0.4, 0.5) is 0 Å². The van der Waals surface area contributed by atoms with Crippen molar-refractivity contribution in [2.45, 2.75) is 0 Å². The van der Waals surface area contributed by atoms with Gasteiger partial charge in [-0.05, 0) is 64.4 Å². The predicted molar refractivity (Wildman–Crippen MR) is 269 cm³/mol. The van der Waals surface area contributed by atoms with Gasteiger partial charge in [-0.3, -0.25) is 0 Å². The highest BCUT2D eigenvalue weighted by Gasteiger charge is 2.19. The molecule has 4 aromatic heterocycles. The summed E-state index contributed by atoms with van der Waals surface area (Å²) in [5.41, 5.74) is 13.6. The topological polar surface area (TPSA) is 43.6 Å². The first-order valence-corrected chi connectivity index (χ1v) is 22.4.